The molecule has 58 heavy (non-hydrogen) atoms. The van der Waals surface area contributed by atoms with E-state index in [0.717, 1.165) is 94.5 Å². The zero-order valence-corrected chi connectivity index (χ0v) is 31.6. The first-order chi connectivity index (χ1) is 28.8. The van der Waals surface area contributed by atoms with Gasteiger partial charge in [-0.2, -0.15) is 0 Å². The number of rotatable bonds is 10. The fraction of sp³-hybridized carbons (Fsp3) is 0. The van der Waals surface area contributed by atoms with Gasteiger partial charge in [-0.15, -0.1) is 0 Å². The third-order valence-corrected chi connectivity index (χ3v) is 10.6. The van der Waals surface area contributed by atoms with Crippen LogP contribution in [0.1, 0.15) is 11.1 Å². The Hall–Kier alpha value is -7.82. The van der Waals surface area contributed by atoms with Crippen LogP contribution in [0, 0.1) is 0 Å². The molecule has 0 bridgehead atoms. The topological polar surface area (TPSA) is 41.6 Å². The maximum Gasteiger partial charge on any atom is 0.159 e. The van der Waals surface area contributed by atoms with Gasteiger partial charge in [0.1, 0.15) is 11.2 Å². The number of anilines is 4. The summed E-state index contributed by atoms with van der Waals surface area (Å²) in [6.07, 6.45) is 10.5. The van der Waals surface area contributed by atoms with E-state index in [1.807, 2.05) is 60.8 Å². The van der Waals surface area contributed by atoms with E-state index < -0.39 is 0 Å². The van der Waals surface area contributed by atoms with Crippen LogP contribution in [0.2, 0.25) is 0 Å². The quantitative estimate of drug-likeness (QED) is 0.142. The van der Waals surface area contributed by atoms with Gasteiger partial charge in [0.05, 0.1) is 11.4 Å². The van der Waals surface area contributed by atoms with Gasteiger partial charge in [0, 0.05) is 39.1 Å². The first kappa shape index (κ1) is 34.7. The lowest BCUT2D eigenvalue weighted by atomic mass is 9.97. The smallest absolute Gasteiger partial charge is 0.159 e. The summed E-state index contributed by atoms with van der Waals surface area (Å²) in [5.74, 6) is 0. The Morgan fingerprint density at radius 3 is 1.84 bits per heavy atom. The number of para-hydroxylation sites is 5. The van der Waals surface area contributed by atoms with Crippen LogP contribution in [-0.4, -0.2) is 0 Å². The largest absolute Gasteiger partial charge is 0.454 e. The minimum Gasteiger partial charge on any atom is -0.454 e. The third kappa shape index (κ3) is 6.74. The van der Waals surface area contributed by atoms with E-state index in [4.69, 9.17) is 8.83 Å². The summed E-state index contributed by atoms with van der Waals surface area (Å²) in [6, 6.07) is 67.4. The first-order valence-electron chi connectivity index (χ1n) is 19.5. The molecule has 0 aliphatic carbocycles. The summed E-state index contributed by atoms with van der Waals surface area (Å²) in [4.78, 5) is 2.27. The van der Waals surface area contributed by atoms with Crippen LogP contribution in [0.4, 0.5) is 22.7 Å². The van der Waals surface area contributed by atoms with E-state index in [2.05, 4.69) is 174 Å². The number of furan rings is 2. The van der Waals surface area contributed by atoms with E-state index >= 15 is 0 Å². The first-order valence-corrected chi connectivity index (χ1v) is 19.5. The van der Waals surface area contributed by atoms with Gasteiger partial charge in [0.15, 0.2) is 11.2 Å². The van der Waals surface area contributed by atoms with Crippen LogP contribution in [0.25, 0.3) is 66.7 Å². The lowest BCUT2D eigenvalue weighted by Gasteiger charge is -2.25. The Balaban J connectivity index is 0.975. The second-order valence-corrected chi connectivity index (χ2v) is 14.2. The average molecular weight is 747 g/mol. The number of hydrogen-bond donors (Lipinski definition) is 1. The molecule has 0 radical (unpaired) electrons. The second-order valence-electron chi connectivity index (χ2n) is 14.2. The molecule has 0 atom stereocenters. The molecule has 0 unspecified atom stereocenters. The summed E-state index contributed by atoms with van der Waals surface area (Å²) in [6.45, 7) is 0. The summed E-state index contributed by atoms with van der Waals surface area (Å²) >= 11 is 0. The van der Waals surface area contributed by atoms with Crippen molar-refractivity contribution in [3.05, 3.63) is 230 Å². The normalized spacial score (nSPS) is 12.1. The van der Waals surface area contributed by atoms with Gasteiger partial charge in [-0.05, 0) is 88.5 Å². The van der Waals surface area contributed by atoms with Crippen molar-refractivity contribution in [3.63, 3.8) is 0 Å². The fourth-order valence-corrected chi connectivity index (χ4v) is 7.74. The SMILES string of the molecule is C(=C/c1ccccc1)/C(=C\C=C\Nc1cccc2c1oc1ccccc12)c1cccc(-c2ccc(N(c3ccccc3)c3cccc4c3oc3ccccc34)cc2)c1. The van der Waals surface area contributed by atoms with Crippen molar-refractivity contribution in [1.82, 2.24) is 0 Å². The molecular formula is C54H38N2O2. The van der Waals surface area contributed by atoms with Gasteiger partial charge in [0.25, 0.3) is 0 Å². The second kappa shape index (κ2) is 15.4. The minimum atomic E-state index is 0.846. The lowest BCUT2D eigenvalue weighted by molar-refractivity contribution is 0.669. The van der Waals surface area contributed by atoms with Crippen molar-refractivity contribution in [2.45, 2.75) is 0 Å². The van der Waals surface area contributed by atoms with Gasteiger partial charge in [0.2, 0.25) is 0 Å². The summed E-state index contributed by atoms with van der Waals surface area (Å²) in [5, 5.41) is 7.89. The average Bonchev–Trinajstić information content (AvgIpc) is 3.87. The fourth-order valence-electron chi connectivity index (χ4n) is 7.74. The standard InChI is InChI=1S/C54H38N2O2/c1-3-15-38(16-4-1)30-31-39(19-14-36-55-49-26-12-24-47-45-22-7-9-28-51(45)57-53(47)49)41-17-11-18-42(37-41)40-32-34-44(35-33-40)56(43-20-5-2-6-21-43)50-27-13-25-48-46-23-8-10-29-52(46)58-54(48)50/h1-37,55H/b31-30-,36-14+,39-19+. The van der Waals surface area contributed by atoms with Crippen molar-refractivity contribution < 1.29 is 8.83 Å². The molecule has 2 heterocycles. The Kier molecular flexibility index (Phi) is 9.18. The summed E-state index contributed by atoms with van der Waals surface area (Å²) in [5.41, 5.74) is 13.1. The molecule has 10 aromatic rings. The predicted octanol–water partition coefficient (Wildman–Crippen LogP) is 15.3. The van der Waals surface area contributed by atoms with Crippen LogP contribution in [0.3, 0.4) is 0 Å². The zero-order chi connectivity index (χ0) is 38.7. The highest BCUT2D eigenvalue weighted by Crippen LogP contribution is 2.42. The van der Waals surface area contributed by atoms with Gasteiger partial charge < -0.3 is 19.1 Å². The van der Waals surface area contributed by atoms with Crippen molar-refractivity contribution in [2.75, 3.05) is 10.2 Å². The van der Waals surface area contributed by atoms with E-state index in [1.54, 1.807) is 0 Å². The molecule has 0 aliphatic rings. The Bertz CT molecular complexity index is 3130. The zero-order valence-electron chi connectivity index (χ0n) is 31.6. The molecule has 0 fully saturated rings. The maximum atomic E-state index is 6.50. The predicted molar refractivity (Wildman–Crippen MR) is 244 cm³/mol. The molecule has 0 spiro atoms. The molecule has 10 rings (SSSR count). The monoisotopic (exact) mass is 746 g/mol. The molecule has 0 aliphatic heterocycles. The number of fused-ring (bicyclic) bond motifs is 6. The molecule has 0 saturated carbocycles. The molecule has 1 N–H and O–H groups in total. The van der Waals surface area contributed by atoms with E-state index in [0.29, 0.717) is 0 Å². The van der Waals surface area contributed by atoms with Crippen molar-refractivity contribution in [3.8, 4) is 11.1 Å². The molecule has 2 aromatic heterocycles. The van der Waals surface area contributed by atoms with Crippen molar-refractivity contribution >= 4 is 78.3 Å². The Morgan fingerprint density at radius 2 is 1.09 bits per heavy atom. The number of nitrogens with zero attached hydrogens (tertiary/aromatic N) is 1. The summed E-state index contributed by atoms with van der Waals surface area (Å²) in [7, 11) is 0. The van der Waals surface area contributed by atoms with Gasteiger partial charge in [-0.3, -0.25) is 0 Å². The molecule has 4 nitrogen and oxygen atoms in total. The highest BCUT2D eigenvalue weighted by molar-refractivity contribution is 6.10. The molecule has 0 amide bonds. The van der Waals surface area contributed by atoms with Crippen LogP contribution < -0.4 is 10.2 Å². The van der Waals surface area contributed by atoms with Crippen LogP contribution >= 0.6 is 0 Å². The maximum absolute atomic E-state index is 6.50. The molecule has 8 aromatic carbocycles. The lowest BCUT2D eigenvalue weighted by Crippen LogP contribution is -2.10. The highest BCUT2D eigenvalue weighted by Gasteiger charge is 2.19. The number of benzene rings is 8. The van der Waals surface area contributed by atoms with E-state index in [-0.39, 0.29) is 0 Å². The van der Waals surface area contributed by atoms with E-state index in [1.165, 1.54) is 0 Å². The van der Waals surface area contributed by atoms with Gasteiger partial charge in [-0.1, -0.05) is 158 Å². The number of allylic oxidation sites excluding steroid dienone is 4. The van der Waals surface area contributed by atoms with Crippen molar-refractivity contribution in [2.24, 2.45) is 0 Å². The van der Waals surface area contributed by atoms with Crippen LogP contribution in [0.5, 0.6) is 0 Å². The van der Waals surface area contributed by atoms with Gasteiger partial charge >= 0.3 is 0 Å². The third-order valence-electron chi connectivity index (χ3n) is 10.6. The number of nitrogens with one attached hydrogen (secondary N) is 1. The van der Waals surface area contributed by atoms with Gasteiger partial charge in [-0.25, -0.2) is 0 Å². The molecule has 0 saturated heterocycles. The molecule has 276 valence electrons. The summed E-state index contributed by atoms with van der Waals surface area (Å²) < 4.78 is 12.7. The Morgan fingerprint density at radius 1 is 0.483 bits per heavy atom. The van der Waals surface area contributed by atoms with E-state index in [9.17, 15) is 0 Å². The molecular weight excluding hydrogens is 709 g/mol. The van der Waals surface area contributed by atoms with Crippen LogP contribution in [-0.2, 0) is 0 Å². The Labute approximate surface area is 336 Å². The van der Waals surface area contributed by atoms with Crippen LogP contribution in [0.15, 0.2) is 227 Å². The highest BCUT2D eigenvalue weighted by atomic mass is 16.3. The molecule has 4 heteroatoms. The van der Waals surface area contributed by atoms with Crippen molar-refractivity contribution in [1.29, 1.82) is 0 Å². The minimum absolute atomic E-state index is 0.846. The number of hydrogen-bond acceptors (Lipinski definition) is 4.